The van der Waals surface area contributed by atoms with Crippen LogP contribution in [0.25, 0.3) is 0 Å². The molecule has 1 fully saturated rings. The molecule has 0 radical (unpaired) electrons. The minimum absolute atomic E-state index is 0.0701. The van der Waals surface area contributed by atoms with Crippen LogP contribution in [0.4, 0.5) is 5.69 Å². The van der Waals surface area contributed by atoms with Gasteiger partial charge in [0.2, 0.25) is 0 Å². The normalized spacial score (nSPS) is 24.1. The first-order valence-corrected chi connectivity index (χ1v) is 6.66. The predicted molar refractivity (Wildman–Crippen MR) is 72.4 cm³/mol. The molecular formula is C15H20N2O. The zero-order valence-corrected chi connectivity index (χ0v) is 10.8. The van der Waals surface area contributed by atoms with Gasteiger partial charge in [-0.1, -0.05) is 31.4 Å². The second-order valence-electron chi connectivity index (χ2n) is 5.07. The number of hydrogen-bond acceptors (Lipinski definition) is 3. The lowest BCUT2D eigenvalue weighted by Crippen LogP contribution is -2.33. The lowest BCUT2D eigenvalue weighted by Gasteiger charge is -2.24. The maximum atomic E-state index is 10.1. The first kappa shape index (κ1) is 12.9. The number of nitriles is 1. The summed E-state index contributed by atoms with van der Waals surface area (Å²) in [5.41, 5.74) is 2.60. The number of rotatable bonds is 2. The Morgan fingerprint density at radius 1 is 1.28 bits per heavy atom. The van der Waals surface area contributed by atoms with Gasteiger partial charge in [-0.25, -0.2) is 0 Å². The van der Waals surface area contributed by atoms with E-state index in [1.54, 1.807) is 0 Å². The topological polar surface area (TPSA) is 56.0 Å². The maximum Gasteiger partial charge on any atom is 0.101 e. The van der Waals surface area contributed by atoms with Gasteiger partial charge in [-0.2, -0.15) is 5.26 Å². The van der Waals surface area contributed by atoms with E-state index in [0.717, 1.165) is 36.9 Å². The molecule has 0 aliphatic heterocycles. The number of nitrogens with one attached hydrogen (secondary N) is 1. The number of aliphatic hydroxyl groups excluding tert-OH is 1. The molecular weight excluding hydrogens is 224 g/mol. The van der Waals surface area contributed by atoms with E-state index in [4.69, 9.17) is 5.26 Å². The van der Waals surface area contributed by atoms with Gasteiger partial charge in [-0.15, -0.1) is 0 Å². The molecule has 0 bridgehead atoms. The van der Waals surface area contributed by atoms with Crippen LogP contribution in [0.2, 0.25) is 0 Å². The van der Waals surface area contributed by atoms with Crippen molar-refractivity contribution in [2.75, 3.05) is 5.32 Å². The zero-order valence-electron chi connectivity index (χ0n) is 10.8. The third kappa shape index (κ3) is 2.83. The van der Waals surface area contributed by atoms with Crippen LogP contribution in [0.3, 0.4) is 0 Å². The molecule has 96 valence electrons. The van der Waals surface area contributed by atoms with Crippen molar-refractivity contribution in [2.45, 2.75) is 51.2 Å². The van der Waals surface area contributed by atoms with Crippen LogP contribution in [0.1, 0.15) is 43.2 Å². The van der Waals surface area contributed by atoms with Crippen LogP contribution in [-0.4, -0.2) is 17.3 Å². The highest BCUT2D eigenvalue weighted by molar-refractivity contribution is 5.62. The molecule has 1 aliphatic rings. The Bertz CT molecular complexity index is 450. The Hall–Kier alpha value is -1.53. The lowest BCUT2D eigenvalue weighted by atomic mass is 10.0. The van der Waals surface area contributed by atoms with E-state index < -0.39 is 0 Å². The molecule has 2 N–H and O–H groups in total. The summed E-state index contributed by atoms with van der Waals surface area (Å²) in [6.07, 6.45) is 4.94. The van der Waals surface area contributed by atoms with Gasteiger partial charge in [0, 0.05) is 0 Å². The van der Waals surface area contributed by atoms with Gasteiger partial charge >= 0.3 is 0 Å². The average Bonchev–Trinajstić information content (AvgIpc) is 2.57. The fraction of sp³-hybridized carbons (Fsp3) is 0.533. The Morgan fingerprint density at radius 2 is 2.06 bits per heavy atom. The number of nitrogens with zero attached hydrogens (tertiary/aromatic N) is 1. The summed E-state index contributed by atoms with van der Waals surface area (Å²) in [6.45, 7) is 1.99. The van der Waals surface area contributed by atoms with Crippen molar-refractivity contribution in [1.82, 2.24) is 0 Å². The van der Waals surface area contributed by atoms with Gasteiger partial charge in [0.25, 0.3) is 0 Å². The molecule has 2 atom stereocenters. The Kier molecular flexibility index (Phi) is 4.22. The van der Waals surface area contributed by atoms with Crippen LogP contribution in [0.5, 0.6) is 0 Å². The zero-order chi connectivity index (χ0) is 13.0. The molecule has 0 spiro atoms. The van der Waals surface area contributed by atoms with Crippen LogP contribution < -0.4 is 5.32 Å². The smallest absolute Gasteiger partial charge is 0.101 e. The molecule has 0 heterocycles. The molecule has 0 aromatic heterocycles. The van der Waals surface area contributed by atoms with E-state index in [1.165, 1.54) is 6.42 Å². The van der Waals surface area contributed by atoms with E-state index in [1.807, 2.05) is 25.1 Å². The Morgan fingerprint density at radius 3 is 2.83 bits per heavy atom. The van der Waals surface area contributed by atoms with Crippen LogP contribution in [0, 0.1) is 18.3 Å². The fourth-order valence-corrected chi connectivity index (χ4v) is 2.59. The van der Waals surface area contributed by atoms with E-state index in [0.29, 0.717) is 5.56 Å². The van der Waals surface area contributed by atoms with E-state index in [-0.39, 0.29) is 12.1 Å². The quantitative estimate of drug-likeness (QED) is 0.786. The van der Waals surface area contributed by atoms with Crippen molar-refractivity contribution in [3.8, 4) is 6.07 Å². The number of para-hydroxylation sites is 1. The largest absolute Gasteiger partial charge is 0.391 e. The monoisotopic (exact) mass is 244 g/mol. The number of anilines is 1. The molecule has 3 heteroatoms. The number of hydrogen-bond donors (Lipinski definition) is 2. The van der Waals surface area contributed by atoms with Crippen molar-refractivity contribution in [3.05, 3.63) is 29.3 Å². The molecule has 1 aromatic carbocycles. The van der Waals surface area contributed by atoms with Gasteiger partial charge in [0.05, 0.1) is 23.4 Å². The molecule has 2 rings (SSSR count). The predicted octanol–water partition coefficient (Wildman–Crippen LogP) is 2.97. The number of aliphatic hydroxyl groups is 1. The standard InChI is InChI=1S/C15H20N2O/c1-11-6-5-7-12(10-16)15(11)17-13-8-3-2-4-9-14(13)18/h5-7,13-14,17-18H,2-4,8-9H2,1H3. The third-order valence-electron chi connectivity index (χ3n) is 3.70. The van der Waals surface area contributed by atoms with E-state index >= 15 is 0 Å². The van der Waals surface area contributed by atoms with E-state index in [9.17, 15) is 5.11 Å². The van der Waals surface area contributed by atoms with Crippen LogP contribution in [-0.2, 0) is 0 Å². The molecule has 3 nitrogen and oxygen atoms in total. The highest BCUT2D eigenvalue weighted by Crippen LogP contribution is 2.25. The summed E-state index contributed by atoms with van der Waals surface area (Å²) in [5.74, 6) is 0. The lowest BCUT2D eigenvalue weighted by molar-refractivity contribution is 0.144. The third-order valence-corrected chi connectivity index (χ3v) is 3.70. The van der Waals surface area contributed by atoms with Crippen molar-refractivity contribution in [3.63, 3.8) is 0 Å². The minimum Gasteiger partial charge on any atom is -0.391 e. The first-order chi connectivity index (χ1) is 8.72. The summed E-state index contributed by atoms with van der Waals surface area (Å²) >= 11 is 0. The van der Waals surface area contributed by atoms with Gasteiger partial charge in [-0.05, 0) is 31.4 Å². The van der Waals surface area contributed by atoms with Crippen molar-refractivity contribution >= 4 is 5.69 Å². The molecule has 18 heavy (non-hydrogen) atoms. The van der Waals surface area contributed by atoms with Crippen LogP contribution >= 0.6 is 0 Å². The second-order valence-corrected chi connectivity index (χ2v) is 5.07. The summed E-state index contributed by atoms with van der Waals surface area (Å²) in [5, 5.41) is 22.6. The summed E-state index contributed by atoms with van der Waals surface area (Å²) in [6, 6.07) is 7.98. The highest BCUT2D eigenvalue weighted by atomic mass is 16.3. The average molecular weight is 244 g/mol. The van der Waals surface area contributed by atoms with Crippen molar-refractivity contribution in [2.24, 2.45) is 0 Å². The van der Waals surface area contributed by atoms with Gasteiger partial charge in [-0.3, -0.25) is 0 Å². The van der Waals surface area contributed by atoms with Crippen molar-refractivity contribution in [1.29, 1.82) is 5.26 Å². The SMILES string of the molecule is Cc1cccc(C#N)c1NC1CCCCCC1O. The molecule has 0 amide bonds. The number of benzene rings is 1. The molecule has 1 aromatic rings. The summed E-state index contributed by atoms with van der Waals surface area (Å²) < 4.78 is 0. The van der Waals surface area contributed by atoms with Gasteiger partial charge < -0.3 is 10.4 Å². The first-order valence-electron chi connectivity index (χ1n) is 6.66. The fourth-order valence-electron chi connectivity index (χ4n) is 2.59. The summed E-state index contributed by atoms with van der Waals surface area (Å²) in [7, 11) is 0. The highest BCUT2D eigenvalue weighted by Gasteiger charge is 2.22. The Balaban J connectivity index is 2.20. The summed E-state index contributed by atoms with van der Waals surface area (Å²) in [4.78, 5) is 0. The minimum atomic E-state index is -0.307. The van der Waals surface area contributed by atoms with E-state index in [2.05, 4.69) is 11.4 Å². The number of aryl methyl sites for hydroxylation is 1. The molecule has 1 aliphatic carbocycles. The van der Waals surface area contributed by atoms with Crippen LogP contribution in [0.15, 0.2) is 18.2 Å². The molecule has 1 saturated carbocycles. The Labute approximate surface area is 108 Å². The van der Waals surface area contributed by atoms with Gasteiger partial charge in [0.15, 0.2) is 0 Å². The van der Waals surface area contributed by atoms with Crippen molar-refractivity contribution < 1.29 is 5.11 Å². The molecule has 0 saturated heterocycles. The second kappa shape index (κ2) is 5.88. The molecule has 2 unspecified atom stereocenters. The maximum absolute atomic E-state index is 10.1. The van der Waals surface area contributed by atoms with Gasteiger partial charge in [0.1, 0.15) is 6.07 Å².